The summed E-state index contributed by atoms with van der Waals surface area (Å²) in [7, 11) is 9.96. The minimum Gasteiger partial charge on any atom is -0.422 e. The Kier molecular flexibility index (Phi) is 29.4. The predicted molar refractivity (Wildman–Crippen MR) is 529 cm³/mol. The summed E-state index contributed by atoms with van der Waals surface area (Å²) in [6.45, 7) is 4.06. The largest absolute Gasteiger partial charge is 0.422 e. The molecule has 0 N–H and O–H groups in total. The Hall–Kier alpha value is -11.5. The average molecular weight is 1810 g/mol. The van der Waals surface area contributed by atoms with E-state index in [2.05, 4.69) is 36.4 Å². The molecule has 0 bridgehead atoms. The maximum Gasteiger partial charge on any atom is 0.344 e. The number of aryl methyl sites for hydroxylation is 2. The quantitative estimate of drug-likeness (QED) is 0.0697. The molecule has 0 amide bonds. The standard InChI is InChI=1S/C19H14O2S2.C19H14O2S.C17H14O2S2.C17H14O2S.C16H12O2S2.C16H12O2S/c1-22-23-13-6-4-8-16-17(11-13)21-19(20)18(16)15-10-9-12-5-2-3-7-14(12)15;1-22-13-6-4-8-16-17(11-13)21-19(20)18(16)15-10-9-12-5-2-3-7-14(12)15;1-11-6-8-12(9-7-11)16-14-5-3-4-13(21-20-2)10-15(14)19-17(16)18;1-11-6-8-12(9-7-11)16-14-5-3-4-13(20-2)10-15(14)19-17(16)18;1-19-20-12-8-5-9-13-14(10-12)18-16(17)15(13)11-6-3-2-4-7-11;1-19-12-8-5-9-13-14(10-12)18-16(17)15(13)11-6-3-2-4-7-11/h2-8,10-11H,9H2,1H3;2-8,10-11H,9H2,1H3;3-10H,1-2H3;3-10H,1-2H3;2-10H,1H3;2-10H,1H3. The summed E-state index contributed by atoms with van der Waals surface area (Å²) in [5, 5.41) is 0. The third-order valence-corrected chi connectivity index (χ3v) is 27.9. The first-order valence-corrected chi connectivity index (χ1v) is 50.8. The van der Waals surface area contributed by atoms with Crippen LogP contribution in [0.25, 0.3) is 124 Å². The number of thioether (sulfide) groups is 3. The van der Waals surface area contributed by atoms with Gasteiger partial charge in [0, 0.05) is 62.8 Å². The number of allylic oxidation sites excluding steroid dienone is 2. The van der Waals surface area contributed by atoms with Crippen LogP contribution < -0.4 is 33.8 Å². The van der Waals surface area contributed by atoms with Gasteiger partial charge in [-0.3, -0.25) is 0 Å². The van der Waals surface area contributed by atoms with Gasteiger partial charge in [0.1, 0.15) is 34.6 Å². The van der Waals surface area contributed by atoms with Crippen molar-refractivity contribution in [1.82, 2.24) is 0 Å². The van der Waals surface area contributed by atoms with E-state index in [0.29, 0.717) is 67.9 Å². The van der Waals surface area contributed by atoms with E-state index in [1.54, 1.807) is 100 Å². The van der Waals surface area contributed by atoms with Crippen molar-refractivity contribution in [2.75, 3.05) is 37.5 Å². The summed E-state index contributed by atoms with van der Waals surface area (Å²) < 4.78 is 32.8. The number of hydrogen-bond acceptors (Lipinski definition) is 21. The fourth-order valence-corrected chi connectivity index (χ4v) is 20.3. The topological polar surface area (TPSA) is 181 Å². The lowest BCUT2D eigenvalue weighted by Crippen LogP contribution is -2.00. The minimum atomic E-state index is -0.280. The van der Waals surface area contributed by atoms with Gasteiger partial charge in [-0.1, -0.05) is 319 Å². The molecule has 125 heavy (non-hydrogen) atoms. The smallest absolute Gasteiger partial charge is 0.344 e. The highest BCUT2D eigenvalue weighted by Gasteiger charge is 2.29. The highest BCUT2D eigenvalue weighted by molar-refractivity contribution is 8.77. The molecule has 0 radical (unpaired) electrons. The monoisotopic (exact) mass is 1810 g/mol. The van der Waals surface area contributed by atoms with Crippen LogP contribution in [-0.2, 0) is 12.8 Å². The molecule has 8 aliphatic carbocycles. The molecule has 0 saturated heterocycles. The third-order valence-electron chi connectivity index (χ3n) is 20.7. The Morgan fingerprint density at radius 1 is 0.224 bits per heavy atom. The van der Waals surface area contributed by atoms with Gasteiger partial charge in [0.2, 0.25) is 0 Å². The van der Waals surface area contributed by atoms with E-state index >= 15 is 0 Å². The van der Waals surface area contributed by atoms with Crippen LogP contribution in [0.15, 0.2) is 400 Å². The molecule has 0 spiro atoms. The van der Waals surface area contributed by atoms with Gasteiger partial charge in [-0.05, 0) is 193 Å². The van der Waals surface area contributed by atoms with E-state index in [0.717, 1.165) is 120 Å². The van der Waals surface area contributed by atoms with Crippen LogP contribution in [0.1, 0.15) is 44.5 Å². The van der Waals surface area contributed by atoms with Gasteiger partial charge in [0.05, 0.1) is 33.4 Å². The molecule has 0 aromatic heterocycles. The second kappa shape index (κ2) is 41.6. The first kappa shape index (κ1) is 88.4. The zero-order valence-corrected chi connectivity index (χ0v) is 76.4. The molecule has 6 aliphatic heterocycles. The third kappa shape index (κ3) is 20.4. The predicted octanol–water partition coefficient (Wildman–Crippen LogP) is 28.0. The minimum absolute atomic E-state index is 0.254. The van der Waals surface area contributed by atoms with E-state index in [9.17, 15) is 28.8 Å². The van der Waals surface area contributed by atoms with Crippen molar-refractivity contribution >= 4 is 111 Å². The van der Waals surface area contributed by atoms with Crippen LogP contribution in [-0.4, -0.2) is 37.5 Å². The van der Waals surface area contributed by atoms with Crippen LogP contribution in [0.5, 0.6) is 0 Å². The van der Waals surface area contributed by atoms with E-state index in [1.165, 1.54) is 22.3 Å². The van der Waals surface area contributed by atoms with Crippen LogP contribution in [0.4, 0.5) is 0 Å². The lowest BCUT2D eigenvalue weighted by molar-refractivity contribution is 0.543. The van der Waals surface area contributed by atoms with E-state index in [-0.39, 0.29) is 33.8 Å². The van der Waals surface area contributed by atoms with E-state index in [1.807, 2.05) is 330 Å². The molecule has 6 aromatic rings. The summed E-state index contributed by atoms with van der Waals surface area (Å²) in [6.07, 6.45) is 18.1. The van der Waals surface area contributed by atoms with Crippen molar-refractivity contribution in [3.63, 3.8) is 0 Å². The highest BCUT2D eigenvalue weighted by Crippen LogP contribution is 2.44. The Morgan fingerprint density at radius 3 is 0.720 bits per heavy atom. The summed E-state index contributed by atoms with van der Waals surface area (Å²) in [4.78, 5) is 79.9. The van der Waals surface area contributed by atoms with E-state index < -0.39 is 0 Å². The lowest BCUT2D eigenvalue weighted by Gasteiger charge is -2.03. The van der Waals surface area contributed by atoms with Gasteiger partial charge in [-0.15, -0.1) is 35.3 Å². The maximum atomic E-state index is 12.5. The molecule has 6 heterocycles. The SMILES string of the molecule is CSSc1cccc2c(-c3ccc(C)cc3)c(=O)oc-2c1.CSSc1cccc2c(-c3ccccc3)c(=O)oc-2c1.CSSc1cccc2c(C3=CCc4ccccc43)c(=O)oc-2c1.CSc1cccc2c(-c3ccc(C)cc3)c(=O)oc-2c1.CSc1cccc2c(-c3ccccc3)c(=O)oc-2c1.CSc1cccc2c(C3=CCc4ccccc43)c(=O)oc-2c1. The molecule has 14 aliphatic rings. The molecule has 0 saturated carbocycles. The summed E-state index contributed by atoms with van der Waals surface area (Å²) in [5.41, 5.74) is 20.2. The van der Waals surface area contributed by atoms with Gasteiger partial charge in [-0.2, -0.15) is 0 Å². The molecule has 0 unspecified atom stereocenters. The van der Waals surface area contributed by atoms with Crippen LogP contribution in [0, 0.1) is 13.8 Å². The molecule has 622 valence electrons. The summed E-state index contributed by atoms with van der Waals surface area (Å²) >= 11 is 4.89. The van der Waals surface area contributed by atoms with Crippen LogP contribution >= 0.6 is 100 Å². The van der Waals surface area contributed by atoms with Crippen LogP contribution in [0.2, 0.25) is 0 Å². The molecule has 6 aromatic carbocycles. The number of rotatable bonds is 15. The normalized spacial score (nSPS) is 11.7. The van der Waals surface area contributed by atoms with Crippen molar-refractivity contribution in [1.29, 1.82) is 0 Å². The zero-order chi connectivity index (χ0) is 87.0. The number of hydrogen-bond donors (Lipinski definition) is 0. The van der Waals surface area contributed by atoms with Crippen molar-refractivity contribution in [3.05, 3.63) is 422 Å². The molecule has 20 rings (SSSR count). The van der Waals surface area contributed by atoms with Gasteiger partial charge in [-0.25, -0.2) is 28.8 Å². The lowest BCUT2D eigenvalue weighted by atomic mass is 9.97. The zero-order valence-electron chi connectivity index (χ0n) is 69.0. The number of fused-ring (bicyclic) bond motifs is 8. The second-order valence-corrected chi connectivity index (χ2v) is 38.5. The molecule has 0 atom stereocenters. The molecule has 12 nitrogen and oxygen atoms in total. The molecule has 21 heteroatoms. The maximum absolute atomic E-state index is 12.5. The van der Waals surface area contributed by atoms with Crippen LogP contribution in [0.3, 0.4) is 0 Å². The number of benzene rings is 6. The van der Waals surface area contributed by atoms with Gasteiger partial charge in [0.15, 0.2) is 0 Å². The summed E-state index contributed by atoms with van der Waals surface area (Å²) in [6, 6.07) is 98.8. The van der Waals surface area contributed by atoms with Crippen molar-refractivity contribution in [3.8, 4) is 112 Å². The highest BCUT2D eigenvalue weighted by atomic mass is 33.1. The van der Waals surface area contributed by atoms with E-state index in [4.69, 9.17) is 26.5 Å². The Labute approximate surface area is 759 Å². The number of furan rings is 6. The Balaban J connectivity index is 0.000000116. The molecule has 0 fully saturated rings. The average Bonchev–Trinajstić information content (AvgIpc) is 1.61. The first-order chi connectivity index (χ1) is 61.0. The van der Waals surface area contributed by atoms with Gasteiger partial charge >= 0.3 is 33.8 Å². The van der Waals surface area contributed by atoms with Gasteiger partial charge in [0.25, 0.3) is 0 Å². The van der Waals surface area contributed by atoms with Crippen molar-refractivity contribution < 1.29 is 26.5 Å². The van der Waals surface area contributed by atoms with Crippen molar-refractivity contribution in [2.45, 2.75) is 56.1 Å². The van der Waals surface area contributed by atoms with Crippen molar-refractivity contribution in [2.24, 2.45) is 0 Å². The molecular weight excluding hydrogens is 1730 g/mol. The Bertz CT molecular complexity index is 7090. The molecular formula is C104H80O12S9. The fraction of sp³-hybridized carbons (Fsp3) is 0.0962. The Morgan fingerprint density at radius 2 is 0.448 bits per heavy atom. The summed E-state index contributed by atoms with van der Waals surface area (Å²) in [5.74, 6) is 3.85. The first-order valence-electron chi connectivity index (χ1n) is 39.5. The van der Waals surface area contributed by atoms with Gasteiger partial charge < -0.3 is 26.5 Å². The fourth-order valence-electron chi connectivity index (χ4n) is 14.9. The second-order valence-electron chi connectivity index (χ2n) is 28.5.